The third-order valence-electron chi connectivity index (χ3n) is 10.9. The lowest BCUT2D eigenvalue weighted by molar-refractivity contribution is -0.152. The van der Waals surface area contributed by atoms with Crippen LogP contribution in [-0.4, -0.2) is 28.8 Å². The van der Waals surface area contributed by atoms with Gasteiger partial charge in [0.2, 0.25) is 0 Å². The monoisotopic (exact) mass is 600 g/mol. The molecule has 0 spiro atoms. The highest BCUT2D eigenvalue weighted by atomic mass is 32.2. The summed E-state index contributed by atoms with van der Waals surface area (Å²) < 4.78 is 33.8. The maximum Gasteiger partial charge on any atom is 0.309 e. The van der Waals surface area contributed by atoms with Crippen LogP contribution in [0.15, 0.2) is 0 Å². The summed E-state index contributed by atoms with van der Waals surface area (Å²) in [6.07, 6.45) is 5.11. The predicted molar refractivity (Wildman–Crippen MR) is 174 cm³/mol. The highest BCUT2D eigenvalue weighted by molar-refractivity contribution is 7.87. The van der Waals surface area contributed by atoms with Gasteiger partial charge in [-0.15, -0.1) is 0 Å². The van der Waals surface area contributed by atoms with E-state index in [0.717, 1.165) is 25.7 Å². The van der Waals surface area contributed by atoms with E-state index in [2.05, 4.69) is 83.1 Å². The van der Waals surface area contributed by atoms with E-state index in [1.165, 1.54) is 0 Å². The quantitative estimate of drug-likeness (QED) is 0.194. The molecule has 0 aromatic heterocycles. The second-order valence-corrected chi connectivity index (χ2v) is 20.9. The first-order valence-corrected chi connectivity index (χ1v) is 17.5. The summed E-state index contributed by atoms with van der Waals surface area (Å²) in [6, 6.07) is 0. The van der Waals surface area contributed by atoms with E-state index in [1.807, 2.05) is 13.8 Å². The van der Waals surface area contributed by atoms with Crippen molar-refractivity contribution in [1.82, 2.24) is 0 Å². The van der Waals surface area contributed by atoms with Crippen molar-refractivity contribution in [2.45, 2.75) is 154 Å². The fourth-order valence-corrected chi connectivity index (χ4v) is 10.3. The Bertz CT molecular complexity index is 998. The first-order valence-electron chi connectivity index (χ1n) is 16.1. The minimum Gasteiger partial charge on any atom is -0.481 e. The minimum absolute atomic E-state index is 0.0927. The zero-order chi connectivity index (χ0) is 32.8. The topological polar surface area (TPSA) is 91.7 Å². The molecule has 1 saturated carbocycles. The van der Waals surface area contributed by atoms with Crippen molar-refractivity contribution in [3.05, 3.63) is 0 Å². The number of hydrogen-bond acceptors (Lipinski definition) is 3. The van der Waals surface area contributed by atoms with Crippen LogP contribution in [-0.2, 0) is 14.9 Å². The van der Waals surface area contributed by atoms with Crippen molar-refractivity contribution < 1.29 is 22.9 Å². The van der Waals surface area contributed by atoms with Gasteiger partial charge in [-0.2, -0.15) is 8.42 Å². The Hall–Kier alpha value is -0.620. The van der Waals surface area contributed by atoms with Gasteiger partial charge >= 0.3 is 5.97 Å². The number of rotatable bonds is 14. The van der Waals surface area contributed by atoms with Crippen LogP contribution in [0.4, 0.5) is 0 Å². The predicted octanol–water partition coefficient (Wildman–Crippen LogP) is 10.00. The summed E-state index contributed by atoms with van der Waals surface area (Å²) in [5.74, 6) is 1.63. The maximum absolute atomic E-state index is 12.5. The SMILES string of the molecule is CC(C)CC(C)(C)C1CC(C(C)(C)CC(C)(C)C(=O)O)C(C(C)(C)CC(C)(C)S(=O)(=O)O)CC1C(C)(C)CC(C)C. The first-order chi connectivity index (χ1) is 17.9. The van der Waals surface area contributed by atoms with Gasteiger partial charge in [0.05, 0.1) is 10.2 Å². The highest BCUT2D eigenvalue weighted by Gasteiger charge is 2.56. The molecule has 1 rings (SSSR count). The molecule has 4 unspecified atom stereocenters. The normalized spacial score (nSPS) is 24.3. The fraction of sp³-hybridized carbons (Fsp3) is 0.971. The number of carboxylic acids is 1. The van der Waals surface area contributed by atoms with Crippen molar-refractivity contribution in [2.24, 2.45) is 62.6 Å². The van der Waals surface area contributed by atoms with Crippen LogP contribution in [0.25, 0.3) is 0 Å². The lowest BCUT2D eigenvalue weighted by Crippen LogP contribution is -2.54. The van der Waals surface area contributed by atoms with E-state index < -0.39 is 31.7 Å². The van der Waals surface area contributed by atoms with Crippen LogP contribution in [0.1, 0.15) is 149 Å². The second kappa shape index (κ2) is 12.4. The Morgan fingerprint density at radius 2 is 0.927 bits per heavy atom. The zero-order valence-electron chi connectivity index (χ0n) is 29.7. The molecule has 244 valence electrons. The summed E-state index contributed by atoms with van der Waals surface area (Å²) in [7, 11) is -4.25. The average molecular weight is 601 g/mol. The van der Waals surface area contributed by atoms with Gasteiger partial charge in [0, 0.05) is 0 Å². The Kier molecular flexibility index (Phi) is 11.6. The molecular weight excluding hydrogens is 532 g/mol. The summed E-state index contributed by atoms with van der Waals surface area (Å²) in [5.41, 5.74) is -1.36. The van der Waals surface area contributed by atoms with Crippen LogP contribution in [0.3, 0.4) is 0 Å². The average Bonchev–Trinajstić information content (AvgIpc) is 2.68. The molecule has 1 fully saturated rings. The van der Waals surface area contributed by atoms with Crippen LogP contribution in [0, 0.1) is 62.6 Å². The van der Waals surface area contributed by atoms with E-state index in [-0.39, 0.29) is 28.1 Å². The molecule has 1 aliphatic carbocycles. The van der Waals surface area contributed by atoms with E-state index in [9.17, 15) is 22.9 Å². The van der Waals surface area contributed by atoms with Crippen LogP contribution in [0.5, 0.6) is 0 Å². The Morgan fingerprint density at radius 3 is 1.20 bits per heavy atom. The van der Waals surface area contributed by atoms with Gasteiger partial charge in [-0.1, -0.05) is 83.1 Å². The van der Waals surface area contributed by atoms with Gasteiger partial charge in [0.15, 0.2) is 0 Å². The van der Waals surface area contributed by atoms with E-state index >= 15 is 0 Å². The lowest BCUT2D eigenvalue weighted by atomic mass is 9.45. The molecule has 0 aromatic carbocycles. The second-order valence-electron chi connectivity index (χ2n) is 18.8. The molecule has 41 heavy (non-hydrogen) atoms. The molecule has 0 bridgehead atoms. The molecule has 0 heterocycles. The molecule has 4 atom stereocenters. The van der Waals surface area contributed by atoms with E-state index in [1.54, 1.807) is 13.8 Å². The standard InChI is InChI=1S/C35H68O5S/c1-23(2)19-30(5,6)25-17-27(32(9,10)21-34(13,14)29(36)37)28(18-26(25)31(7,8)20-24(3)4)33(11,12)22-35(15,16)41(38,39)40/h23-28H,17-22H2,1-16H3,(H,36,37)(H,38,39,40). The van der Waals surface area contributed by atoms with E-state index in [4.69, 9.17) is 0 Å². The Balaban J connectivity index is 3.91. The fourth-order valence-electron chi connectivity index (χ4n) is 9.73. The highest BCUT2D eigenvalue weighted by Crippen LogP contribution is 2.63. The molecule has 6 heteroatoms. The molecule has 0 saturated heterocycles. The minimum atomic E-state index is -4.25. The third-order valence-corrected chi connectivity index (χ3v) is 12.5. The largest absolute Gasteiger partial charge is 0.481 e. The molecule has 0 aromatic rings. The summed E-state index contributed by atoms with van der Waals surface area (Å²) >= 11 is 0. The van der Waals surface area contributed by atoms with Gasteiger partial charge in [0.1, 0.15) is 0 Å². The van der Waals surface area contributed by atoms with E-state index in [0.29, 0.717) is 36.5 Å². The van der Waals surface area contributed by atoms with Gasteiger partial charge in [-0.25, -0.2) is 0 Å². The van der Waals surface area contributed by atoms with Gasteiger partial charge in [-0.05, 0) is 123 Å². The summed E-state index contributed by atoms with van der Waals surface area (Å²) in [5, 5.41) is 10.1. The van der Waals surface area contributed by atoms with Crippen LogP contribution >= 0.6 is 0 Å². The molecule has 0 amide bonds. The maximum atomic E-state index is 12.5. The molecular formula is C35H68O5S. The van der Waals surface area contributed by atoms with Gasteiger partial charge in [0.25, 0.3) is 10.1 Å². The van der Waals surface area contributed by atoms with Crippen molar-refractivity contribution in [2.75, 3.05) is 0 Å². The summed E-state index contributed by atoms with van der Waals surface area (Å²) in [4.78, 5) is 12.3. The first kappa shape index (κ1) is 38.4. The molecule has 5 nitrogen and oxygen atoms in total. The van der Waals surface area contributed by atoms with Crippen LogP contribution < -0.4 is 0 Å². The third kappa shape index (κ3) is 9.43. The molecule has 0 aliphatic heterocycles. The smallest absolute Gasteiger partial charge is 0.309 e. The van der Waals surface area contributed by atoms with Crippen molar-refractivity contribution in [1.29, 1.82) is 0 Å². The number of carboxylic acid groups (broad SMARTS) is 1. The van der Waals surface area contributed by atoms with Crippen molar-refractivity contribution in [3.63, 3.8) is 0 Å². The molecule has 2 N–H and O–H groups in total. The van der Waals surface area contributed by atoms with Crippen LogP contribution in [0.2, 0.25) is 0 Å². The number of carbonyl (C=O) groups is 1. The Morgan fingerprint density at radius 1 is 0.634 bits per heavy atom. The Labute approximate surface area is 255 Å². The van der Waals surface area contributed by atoms with Gasteiger partial charge in [-0.3, -0.25) is 9.35 Å². The number of aliphatic carboxylic acids is 1. The molecule has 1 aliphatic rings. The van der Waals surface area contributed by atoms with Crippen molar-refractivity contribution in [3.8, 4) is 0 Å². The lowest BCUT2D eigenvalue weighted by Gasteiger charge is -2.60. The number of hydrogen-bond donors (Lipinski definition) is 2. The summed E-state index contributed by atoms with van der Waals surface area (Å²) in [6.45, 7) is 34.7. The zero-order valence-corrected chi connectivity index (χ0v) is 30.6. The van der Waals surface area contributed by atoms with Crippen molar-refractivity contribution >= 4 is 16.1 Å². The molecule has 0 radical (unpaired) electrons. The van der Waals surface area contributed by atoms with Gasteiger partial charge < -0.3 is 5.11 Å².